The molecule has 8 heteroatoms. The maximum absolute atomic E-state index is 12.2. The highest BCUT2D eigenvalue weighted by molar-refractivity contribution is 6.30. The number of benzene rings is 2. The highest BCUT2D eigenvalue weighted by atomic mass is 35.5. The zero-order valence-electron chi connectivity index (χ0n) is 16.6. The Morgan fingerprint density at radius 1 is 0.793 bits per heavy atom. The number of carbonyl (C=O) groups is 3. The van der Waals surface area contributed by atoms with Gasteiger partial charge in [-0.25, -0.2) is 4.79 Å². The van der Waals surface area contributed by atoms with Crippen molar-refractivity contribution in [3.63, 3.8) is 0 Å². The number of urea groups is 1. The van der Waals surface area contributed by atoms with E-state index >= 15 is 0 Å². The van der Waals surface area contributed by atoms with Crippen LogP contribution in [0, 0.1) is 5.41 Å². The summed E-state index contributed by atoms with van der Waals surface area (Å²) in [5.41, 5.74) is 1.21. The van der Waals surface area contributed by atoms with E-state index in [4.69, 9.17) is 11.6 Å². The Hall–Kier alpha value is -3.06. The van der Waals surface area contributed by atoms with Crippen molar-refractivity contribution < 1.29 is 14.4 Å². The van der Waals surface area contributed by atoms with E-state index in [0.717, 1.165) is 0 Å². The smallest absolute Gasteiger partial charge is 0.319 e. The highest BCUT2D eigenvalue weighted by Crippen LogP contribution is 2.17. The topological polar surface area (TPSA) is 99.3 Å². The Labute approximate surface area is 175 Å². The quantitative estimate of drug-likeness (QED) is 0.538. The fourth-order valence-corrected chi connectivity index (χ4v) is 2.31. The third-order valence-corrected chi connectivity index (χ3v) is 4.14. The van der Waals surface area contributed by atoms with E-state index in [1.54, 1.807) is 48.5 Å². The van der Waals surface area contributed by atoms with Gasteiger partial charge in [0.25, 0.3) is 5.91 Å². The molecule has 0 aliphatic rings. The summed E-state index contributed by atoms with van der Waals surface area (Å²) in [6.45, 7) is 6.02. The lowest BCUT2D eigenvalue weighted by molar-refractivity contribution is -0.123. The molecule has 0 aliphatic heterocycles. The van der Waals surface area contributed by atoms with Crippen LogP contribution in [0.5, 0.6) is 0 Å². The molecule has 0 unspecified atom stereocenters. The molecule has 0 aliphatic carbocycles. The summed E-state index contributed by atoms with van der Waals surface area (Å²) in [5, 5.41) is 11.4. The monoisotopic (exact) mass is 416 g/mol. The average molecular weight is 417 g/mol. The summed E-state index contributed by atoms with van der Waals surface area (Å²) in [6.07, 6.45) is 0. The Morgan fingerprint density at radius 3 is 1.90 bits per heavy atom. The van der Waals surface area contributed by atoms with Crippen LogP contribution in [0.2, 0.25) is 5.02 Å². The molecule has 2 aromatic carbocycles. The lowest BCUT2D eigenvalue weighted by atomic mass is 9.95. The lowest BCUT2D eigenvalue weighted by Crippen LogP contribution is -2.36. The molecule has 2 rings (SSSR count). The van der Waals surface area contributed by atoms with Crippen molar-refractivity contribution in [1.82, 2.24) is 10.6 Å². The van der Waals surface area contributed by atoms with Gasteiger partial charge in [0, 0.05) is 40.5 Å². The van der Waals surface area contributed by atoms with Crippen LogP contribution in [-0.2, 0) is 4.79 Å². The maximum atomic E-state index is 12.2. The first kappa shape index (κ1) is 22.2. The minimum Gasteiger partial charge on any atom is -0.350 e. The Balaban J connectivity index is 1.72. The van der Waals surface area contributed by atoms with Gasteiger partial charge in [-0.15, -0.1) is 0 Å². The zero-order valence-corrected chi connectivity index (χ0v) is 17.4. The molecule has 0 radical (unpaired) electrons. The van der Waals surface area contributed by atoms with E-state index in [2.05, 4.69) is 21.3 Å². The van der Waals surface area contributed by atoms with Gasteiger partial charge in [-0.1, -0.05) is 32.4 Å². The molecule has 0 heterocycles. The largest absolute Gasteiger partial charge is 0.350 e. The molecule has 0 spiro atoms. The first-order valence-electron chi connectivity index (χ1n) is 9.15. The lowest BCUT2D eigenvalue weighted by Gasteiger charge is -2.17. The van der Waals surface area contributed by atoms with Crippen molar-refractivity contribution in [2.75, 3.05) is 23.7 Å². The van der Waals surface area contributed by atoms with Crippen LogP contribution in [0.15, 0.2) is 48.5 Å². The number of hydrogen-bond acceptors (Lipinski definition) is 3. The highest BCUT2D eigenvalue weighted by Gasteiger charge is 2.21. The average Bonchev–Trinajstić information content (AvgIpc) is 2.66. The van der Waals surface area contributed by atoms with Crippen molar-refractivity contribution in [3.8, 4) is 0 Å². The molecule has 7 nitrogen and oxygen atoms in total. The molecule has 0 aromatic heterocycles. The van der Waals surface area contributed by atoms with Gasteiger partial charge in [0.1, 0.15) is 0 Å². The summed E-state index contributed by atoms with van der Waals surface area (Å²) in [5.74, 6) is -0.365. The van der Waals surface area contributed by atoms with Crippen molar-refractivity contribution in [1.29, 1.82) is 0 Å². The van der Waals surface area contributed by atoms with Crippen molar-refractivity contribution in [2.45, 2.75) is 20.8 Å². The van der Waals surface area contributed by atoms with Crippen LogP contribution >= 0.6 is 11.6 Å². The SMILES string of the molecule is CC(C)(C)C(=O)Nc1ccc(C(=O)NCCNC(=O)Nc2ccc(Cl)cc2)cc1. The van der Waals surface area contributed by atoms with Crippen LogP contribution in [0.3, 0.4) is 0 Å². The molecule has 4 N–H and O–H groups in total. The molecular formula is C21H25ClN4O3. The molecular weight excluding hydrogens is 392 g/mol. The van der Waals surface area contributed by atoms with Gasteiger partial charge in [0.05, 0.1) is 0 Å². The first-order valence-corrected chi connectivity index (χ1v) is 9.53. The predicted molar refractivity (Wildman–Crippen MR) is 115 cm³/mol. The van der Waals surface area contributed by atoms with Gasteiger partial charge in [0.2, 0.25) is 5.91 Å². The van der Waals surface area contributed by atoms with Gasteiger partial charge in [-0.2, -0.15) is 0 Å². The molecule has 0 bridgehead atoms. The standard InChI is InChI=1S/C21H25ClN4O3/c1-21(2,3)19(28)25-16-8-4-14(5-9-16)18(27)23-12-13-24-20(29)26-17-10-6-15(22)7-11-17/h4-11H,12-13H2,1-3H3,(H,23,27)(H,25,28)(H2,24,26,29). The summed E-state index contributed by atoms with van der Waals surface area (Å²) < 4.78 is 0. The molecule has 29 heavy (non-hydrogen) atoms. The van der Waals surface area contributed by atoms with Crippen molar-refractivity contribution >= 4 is 40.8 Å². The second-order valence-electron chi connectivity index (χ2n) is 7.43. The number of nitrogens with one attached hydrogen (secondary N) is 4. The van der Waals surface area contributed by atoms with Crippen LogP contribution in [0.1, 0.15) is 31.1 Å². The number of anilines is 2. The Bertz CT molecular complexity index is 859. The Morgan fingerprint density at radius 2 is 1.31 bits per heavy atom. The number of hydrogen-bond donors (Lipinski definition) is 4. The van der Waals surface area contributed by atoms with Crippen molar-refractivity contribution in [2.24, 2.45) is 5.41 Å². The first-order chi connectivity index (χ1) is 13.6. The van der Waals surface area contributed by atoms with E-state index in [0.29, 0.717) is 22.0 Å². The molecule has 0 saturated carbocycles. The van der Waals surface area contributed by atoms with Gasteiger partial charge in [-0.3, -0.25) is 9.59 Å². The molecule has 0 fully saturated rings. The summed E-state index contributed by atoms with van der Waals surface area (Å²) in [6, 6.07) is 13.0. The third kappa shape index (κ3) is 7.46. The number of rotatable bonds is 6. The Kier molecular flexibility index (Phi) is 7.61. The van der Waals surface area contributed by atoms with E-state index in [1.807, 2.05) is 20.8 Å². The summed E-state index contributed by atoms with van der Waals surface area (Å²) in [7, 11) is 0. The predicted octanol–water partition coefficient (Wildman–Crippen LogP) is 3.88. The van der Waals surface area contributed by atoms with Crippen LogP contribution in [0.4, 0.5) is 16.2 Å². The van der Waals surface area contributed by atoms with Crippen LogP contribution < -0.4 is 21.3 Å². The van der Waals surface area contributed by atoms with Crippen LogP contribution in [-0.4, -0.2) is 30.9 Å². The molecule has 0 saturated heterocycles. The van der Waals surface area contributed by atoms with E-state index < -0.39 is 5.41 Å². The van der Waals surface area contributed by atoms with Gasteiger partial charge in [0.15, 0.2) is 0 Å². The summed E-state index contributed by atoms with van der Waals surface area (Å²) >= 11 is 5.79. The van der Waals surface area contributed by atoms with Gasteiger partial charge in [-0.05, 0) is 48.5 Å². The third-order valence-electron chi connectivity index (χ3n) is 3.88. The van der Waals surface area contributed by atoms with E-state index in [1.165, 1.54) is 0 Å². The second kappa shape index (κ2) is 9.93. The molecule has 0 atom stereocenters. The van der Waals surface area contributed by atoms with Crippen molar-refractivity contribution in [3.05, 3.63) is 59.1 Å². The number of carbonyl (C=O) groups excluding carboxylic acids is 3. The zero-order chi connectivity index (χ0) is 21.4. The second-order valence-corrected chi connectivity index (χ2v) is 7.86. The van der Waals surface area contributed by atoms with Crippen LogP contribution in [0.25, 0.3) is 0 Å². The minimum atomic E-state index is -0.497. The minimum absolute atomic E-state index is 0.0994. The number of amides is 4. The van der Waals surface area contributed by atoms with Gasteiger partial charge >= 0.3 is 6.03 Å². The molecule has 154 valence electrons. The maximum Gasteiger partial charge on any atom is 0.319 e. The van der Waals surface area contributed by atoms with Gasteiger partial charge < -0.3 is 21.3 Å². The number of halogens is 1. The molecule has 2 aromatic rings. The van der Waals surface area contributed by atoms with E-state index in [-0.39, 0.29) is 30.9 Å². The summed E-state index contributed by atoms with van der Waals surface area (Å²) in [4.78, 5) is 35.9. The normalized spacial score (nSPS) is 10.8. The fraction of sp³-hybridized carbons (Fsp3) is 0.286. The fourth-order valence-electron chi connectivity index (χ4n) is 2.19. The van der Waals surface area contributed by atoms with E-state index in [9.17, 15) is 14.4 Å². The molecule has 4 amide bonds.